The summed E-state index contributed by atoms with van der Waals surface area (Å²) in [5, 5.41) is 5.64. The molecule has 0 fully saturated rings. The summed E-state index contributed by atoms with van der Waals surface area (Å²) in [4.78, 5) is 5.76. The number of hydrogen-bond acceptors (Lipinski definition) is 4. The van der Waals surface area contributed by atoms with Crippen LogP contribution < -0.4 is 5.32 Å². The second-order valence-corrected chi connectivity index (χ2v) is 5.39. The summed E-state index contributed by atoms with van der Waals surface area (Å²) in [6.45, 7) is 3.90. The van der Waals surface area contributed by atoms with E-state index >= 15 is 0 Å². The Hall–Kier alpha value is -1.33. The molecule has 0 aromatic carbocycles. The number of rotatable bonds is 8. The van der Waals surface area contributed by atoms with Crippen molar-refractivity contribution < 1.29 is 4.74 Å². The van der Waals surface area contributed by atoms with Crippen molar-refractivity contribution in [2.24, 2.45) is 0 Å². The number of thiophene rings is 1. The van der Waals surface area contributed by atoms with Gasteiger partial charge in [-0.05, 0) is 24.3 Å². The molecule has 4 nitrogen and oxygen atoms in total. The normalized spacial score (nSPS) is 12.5. The summed E-state index contributed by atoms with van der Waals surface area (Å²) >= 11 is 1.79. The first-order valence-corrected chi connectivity index (χ1v) is 7.53. The van der Waals surface area contributed by atoms with Crippen LogP contribution in [0.3, 0.4) is 0 Å². The molecule has 5 heteroatoms. The Kier molecular flexibility index (Phi) is 5.42. The largest absolute Gasteiger partial charge is 0.385 e. The number of hydrogen-bond donors (Lipinski definition) is 1. The van der Waals surface area contributed by atoms with Crippen LogP contribution in [0.1, 0.15) is 30.7 Å². The van der Waals surface area contributed by atoms with E-state index in [0.29, 0.717) is 6.04 Å². The third-order valence-corrected chi connectivity index (χ3v) is 4.05. The lowest BCUT2D eigenvalue weighted by molar-refractivity contribution is 0.190. The molecule has 0 saturated heterocycles. The Morgan fingerprint density at radius 3 is 3.11 bits per heavy atom. The van der Waals surface area contributed by atoms with E-state index in [1.807, 2.05) is 12.4 Å². The van der Waals surface area contributed by atoms with Gasteiger partial charge < -0.3 is 14.6 Å². The zero-order valence-electron chi connectivity index (χ0n) is 11.5. The van der Waals surface area contributed by atoms with Gasteiger partial charge in [-0.3, -0.25) is 0 Å². The lowest BCUT2D eigenvalue weighted by atomic mass is 10.2. The number of aromatic nitrogens is 2. The molecular formula is C14H21N3OS. The van der Waals surface area contributed by atoms with Gasteiger partial charge >= 0.3 is 0 Å². The number of anilines is 1. The Morgan fingerprint density at radius 2 is 2.42 bits per heavy atom. The minimum atomic E-state index is 0.337. The smallest absolute Gasteiger partial charge is 0.203 e. The number of methoxy groups -OCH3 is 1. The van der Waals surface area contributed by atoms with Crippen molar-refractivity contribution in [3.8, 4) is 0 Å². The molecule has 0 aliphatic rings. The third kappa shape index (κ3) is 3.81. The highest BCUT2D eigenvalue weighted by atomic mass is 32.1. The molecular weight excluding hydrogens is 258 g/mol. The number of ether oxygens (including phenoxy) is 1. The van der Waals surface area contributed by atoms with Gasteiger partial charge in [-0.15, -0.1) is 11.3 Å². The van der Waals surface area contributed by atoms with Crippen molar-refractivity contribution in [3.63, 3.8) is 0 Å². The summed E-state index contributed by atoms with van der Waals surface area (Å²) in [6, 6.07) is 4.60. The van der Waals surface area contributed by atoms with Gasteiger partial charge in [0.2, 0.25) is 5.95 Å². The van der Waals surface area contributed by atoms with Crippen molar-refractivity contribution in [3.05, 3.63) is 34.8 Å². The van der Waals surface area contributed by atoms with Crippen LogP contribution in [0.5, 0.6) is 0 Å². The second-order valence-electron chi connectivity index (χ2n) is 4.41. The summed E-state index contributed by atoms with van der Waals surface area (Å²) < 4.78 is 7.24. The number of aryl methyl sites for hydroxylation is 1. The zero-order valence-corrected chi connectivity index (χ0v) is 12.3. The minimum absolute atomic E-state index is 0.337. The molecule has 0 spiro atoms. The summed E-state index contributed by atoms with van der Waals surface area (Å²) in [5.41, 5.74) is 0. The molecule has 0 aliphatic heterocycles. The molecule has 0 bridgehead atoms. The van der Waals surface area contributed by atoms with E-state index in [1.165, 1.54) is 4.88 Å². The van der Waals surface area contributed by atoms with Crippen molar-refractivity contribution >= 4 is 17.3 Å². The molecule has 19 heavy (non-hydrogen) atoms. The Labute approximate surface area is 118 Å². The number of nitrogens with zero attached hydrogens (tertiary/aromatic N) is 2. The maximum Gasteiger partial charge on any atom is 0.203 e. The average molecular weight is 279 g/mol. The maximum absolute atomic E-state index is 5.09. The Balaban J connectivity index is 1.99. The average Bonchev–Trinajstić information content (AvgIpc) is 3.07. The van der Waals surface area contributed by atoms with E-state index < -0.39 is 0 Å². The fourth-order valence-corrected chi connectivity index (χ4v) is 2.89. The highest BCUT2D eigenvalue weighted by Crippen LogP contribution is 2.25. The van der Waals surface area contributed by atoms with Gasteiger partial charge in [-0.2, -0.15) is 0 Å². The van der Waals surface area contributed by atoms with Crippen LogP contribution in [0.4, 0.5) is 5.95 Å². The predicted molar refractivity (Wildman–Crippen MR) is 79.7 cm³/mol. The molecule has 2 rings (SSSR count). The van der Waals surface area contributed by atoms with Gasteiger partial charge in [0.25, 0.3) is 0 Å². The van der Waals surface area contributed by atoms with Crippen molar-refractivity contribution in [2.75, 3.05) is 19.0 Å². The molecule has 1 N–H and O–H groups in total. The molecule has 0 saturated carbocycles. The molecule has 2 aromatic rings. The first kappa shape index (κ1) is 14.1. The molecule has 0 aliphatic carbocycles. The monoisotopic (exact) mass is 279 g/mol. The SMILES string of the molecule is CCC(Nc1nccn1CCCOC)c1cccs1. The standard InChI is InChI=1S/C14H21N3OS/c1-3-12(13-6-4-11-19-13)16-14-15-7-9-17(14)8-5-10-18-2/h4,6-7,9,11-12H,3,5,8,10H2,1-2H3,(H,15,16). The van der Waals surface area contributed by atoms with Crippen LogP contribution in [-0.4, -0.2) is 23.3 Å². The quantitative estimate of drug-likeness (QED) is 0.751. The molecule has 0 amide bonds. The van der Waals surface area contributed by atoms with Crippen LogP contribution in [0.25, 0.3) is 0 Å². The molecule has 0 radical (unpaired) electrons. The van der Waals surface area contributed by atoms with E-state index in [0.717, 1.165) is 31.9 Å². The van der Waals surface area contributed by atoms with Crippen molar-refractivity contribution in [1.29, 1.82) is 0 Å². The van der Waals surface area contributed by atoms with Crippen molar-refractivity contribution in [1.82, 2.24) is 9.55 Å². The van der Waals surface area contributed by atoms with Crippen molar-refractivity contribution in [2.45, 2.75) is 32.4 Å². The van der Waals surface area contributed by atoms with E-state index in [9.17, 15) is 0 Å². The lowest BCUT2D eigenvalue weighted by Crippen LogP contribution is -2.13. The third-order valence-electron chi connectivity index (χ3n) is 3.06. The van der Waals surface area contributed by atoms with Gasteiger partial charge in [0, 0.05) is 37.5 Å². The first-order chi connectivity index (χ1) is 9.35. The van der Waals surface area contributed by atoms with E-state index in [-0.39, 0.29) is 0 Å². The van der Waals surface area contributed by atoms with Gasteiger partial charge in [0.15, 0.2) is 0 Å². The minimum Gasteiger partial charge on any atom is -0.385 e. The highest BCUT2D eigenvalue weighted by Gasteiger charge is 2.12. The Morgan fingerprint density at radius 1 is 1.53 bits per heavy atom. The molecule has 1 atom stereocenters. The lowest BCUT2D eigenvalue weighted by Gasteiger charge is -2.17. The summed E-state index contributed by atoms with van der Waals surface area (Å²) in [6.07, 6.45) is 5.90. The second kappa shape index (κ2) is 7.31. The van der Waals surface area contributed by atoms with Crippen LogP contribution in [0.2, 0.25) is 0 Å². The summed E-state index contributed by atoms with van der Waals surface area (Å²) in [5.74, 6) is 0.941. The molecule has 104 valence electrons. The van der Waals surface area contributed by atoms with Crippen LogP contribution in [-0.2, 0) is 11.3 Å². The Bertz CT molecular complexity index is 467. The fourth-order valence-electron chi connectivity index (χ4n) is 2.03. The van der Waals surface area contributed by atoms with Gasteiger partial charge in [0.05, 0.1) is 6.04 Å². The number of imidazole rings is 1. The van der Waals surface area contributed by atoms with Gasteiger partial charge in [-0.25, -0.2) is 4.98 Å². The highest BCUT2D eigenvalue weighted by molar-refractivity contribution is 7.10. The zero-order chi connectivity index (χ0) is 13.5. The van der Waals surface area contributed by atoms with Crippen LogP contribution >= 0.6 is 11.3 Å². The van der Waals surface area contributed by atoms with Gasteiger partial charge in [0.1, 0.15) is 0 Å². The van der Waals surface area contributed by atoms with E-state index in [1.54, 1.807) is 18.4 Å². The number of nitrogens with one attached hydrogen (secondary N) is 1. The van der Waals surface area contributed by atoms with Gasteiger partial charge in [-0.1, -0.05) is 13.0 Å². The summed E-state index contributed by atoms with van der Waals surface area (Å²) in [7, 11) is 1.73. The molecule has 2 heterocycles. The topological polar surface area (TPSA) is 39.1 Å². The van der Waals surface area contributed by atoms with Crippen LogP contribution in [0.15, 0.2) is 29.9 Å². The molecule has 2 aromatic heterocycles. The fraction of sp³-hybridized carbons (Fsp3) is 0.500. The molecule has 1 unspecified atom stereocenters. The maximum atomic E-state index is 5.09. The van der Waals surface area contributed by atoms with E-state index in [4.69, 9.17) is 4.74 Å². The first-order valence-electron chi connectivity index (χ1n) is 6.65. The van der Waals surface area contributed by atoms with Crippen LogP contribution in [0, 0.1) is 0 Å². The predicted octanol–water partition coefficient (Wildman–Crippen LogP) is 3.54. The van der Waals surface area contributed by atoms with E-state index in [2.05, 4.69) is 39.3 Å².